The number of hydrogen-bond donors (Lipinski definition) is 1. The summed E-state index contributed by atoms with van der Waals surface area (Å²) >= 11 is 0. The van der Waals surface area contributed by atoms with Gasteiger partial charge in [0, 0.05) is 24.7 Å². The first-order valence-corrected chi connectivity index (χ1v) is 8.05. The van der Waals surface area contributed by atoms with Gasteiger partial charge in [-0.2, -0.15) is 0 Å². The van der Waals surface area contributed by atoms with Crippen molar-refractivity contribution in [3.05, 3.63) is 0 Å². The maximum atomic E-state index is 3.74. The van der Waals surface area contributed by atoms with Crippen molar-refractivity contribution in [1.29, 1.82) is 0 Å². The fourth-order valence-corrected chi connectivity index (χ4v) is 3.65. The molecule has 0 amide bonds. The molecule has 18 heavy (non-hydrogen) atoms. The Morgan fingerprint density at radius 1 is 1.11 bits per heavy atom. The Hall–Kier alpha value is -0.0800. The van der Waals surface area contributed by atoms with Gasteiger partial charge in [-0.25, -0.2) is 0 Å². The largest absolute Gasteiger partial charge is 0.314 e. The highest BCUT2D eigenvalue weighted by Crippen LogP contribution is 2.38. The average Bonchev–Trinajstić information content (AvgIpc) is 2.59. The van der Waals surface area contributed by atoms with Crippen molar-refractivity contribution in [2.75, 3.05) is 13.1 Å². The van der Waals surface area contributed by atoms with Gasteiger partial charge in [-0.3, -0.25) is 4.90 Å². The number of hydrogen-bond acceptors (Lipinski definition) is 2. The van der Waals surface area contributed by atoms with Crippen LogP contribution in [0, 0.1) is 5.41 Å². The van der Waals surface area contributed by atoms with Crippen LogP contribution in [0.15, 0.2) is 0 Å². The van der Waals surface area contributed by atoms with E-state index in [2.05, 4.69) is 37.9 Å². The van der Waals surface area contributed by atoms with Crippen LogP contribution < -0.4 is 5.32 Å². The molecule has 2 fully saturated rings. The van der Waals surface area contributed by atoms with Crippen LogP contribution >= 0.6 is 0 Å². The van der Waals surface area contributed by atoms with Gasteiger partial charge < -0.3 is 5.32 Å². The molecule has 2 saturated heterocycles. The predicted octanol–water partition coefficient (Wildman–Crippen LogP) is 3.42. The highest BCUT2D eigenvalue weighted by molar-refractivity contribution is 4.98. The van der Waals surface area contributed by atoms with Gasteiger partial charge in [0.1, 0.15) is 0 Å². The van der Waals surface area contributed by atoms with E-state index >= 15 is 0 Å². The van der Waals surface area contributed by atoms with Gasteiger partial charge in [0.05, 0.1) is 0 Å². The summed E-state index contributed by atoms with van der Waals surface area (Å²) in [4.78, 5) is 2.84. The quantitative estimate of drug-likeness (QED) is 0.779. The number of fused-ring (bicyclic) bond motifs is 2. The predicted molar refractivity (Wildman–Crippen MR) is 78.9 cm³/mol. The standard InChI is InChI=1S/C16H32N2/c1-5-9-17-13-10-14-7-8-15(11-13)18(14)12-16(3,4)6-2/h13-15,17H,5-12H2,1-4H3. The second-order valence-electron chi connectivity index (χ2n) is 7.20. The van der Waals surface area contributed by atoms with Gasteiger partial charge in [-0.15, -0.1) is 0 Å². The average molecular weight is 252 g/mol. The zero-order valence-corrected chi connectivity index (χ0v) is 12.8. The molecule has 0 aromatic heterocycles. The zero-order valence-electron chi connectivity index (χ0n) is 12.8. The monoisotopic (exact) mass is 252 g/mol. The van der Waals surface area contributed by atoms with Crippen molar-refractivity contribution in [3.63, 3.8) is 0 Å². The fourth-order valence-electron chi connectivity index (χ4n) is 3.65. The molecule has 1 N–H and O–H groups in total. The summed E-state index contributed by atoms with van der Waals surface area (Å²) < 4.78 is 0. The van der Waals surface area contributed by atoms with E-state index in [0.29, 0.717) is 5.41 Å². The molecule has 2 atom stereocenters. The first-order valence-electron chi connectivity index (χ1n) is 8.05. The third-order valence-electron chi connectivity index (χ3n) is 5.14. The topological polar surface area (TPSA) is 15.3 Å². The van der Waals surface area contributed by atoms with Gasteiger partial charge in [0.15, 0.2) is 0 Å². The van der Waals surface area contributed by atoms with Crippen molar-refractivity contribution in [1.82, 2.24) is 10.2 Å². The molecule has 2 heterocycles. The van der Waals surface area contributed by atoms with Crippen LogP contribution in [0.5, 0.6) is 0 Å². The van der Waals surface area contributed by atoms with Gasteiger partial charge in [0.25, 0.3) is 0 Å². The molecule has 0 aliphatic carbocycles. The highest BCUT2D eigenvalue weighted by atomic mass is 15.2. The summed E-state index contributed by atoms with van der Waals surface area (Å²) in [6.45, 7) is 11.9. The Kier molecular flexibility index (Phi) is 4.71. The Balaban J connectivity index is 1.90. The van der Waals surface area contributed by atoms with Crippen molar-refractivity contribution < 1.29 is 0 Å². The Bertz CT molecular complexity index is 248. The van der Waals surface area contributed by atoms with Crippen LogP contribution in [0.25, 0.3) is 0 Å². The van der Waals surface area contributed by atoms with Crippen LogP contribution in [0.4, 0.5) is 0 Å². The lowest BCUT2D eigenvalue weighted by Gasteiger charge is -2.43. The van der Waals surface area contributed by atoms with Gasteiger partial charge in [-0.05, 0) is 50.5 Å². The molecule has 2 rings (SSSR count). The van der Waals surface area contributed by atoms with E-state index < -0.39 is 0 Å². The number of nitrogens with zero attached hydrogens (tertiary/aromatic N) is 1. The molecule has 2 heteroatoms. The molecule has 2 nitrogen and oxygen atoms in total. The van der Waals surface area contributed by atoms with E-state index in [-0.39, 0.29) is 0 Å². The molecule has 0 aromatic carbocycles. The smallest absolute Gasteiger partial charge is 0.0114 e. The van der Waals surface area contributed by atoms with E-state index in [1.165, 1.54) is 51.6 Å². The molecule has 2 aliphatic rings. The molecular formula is C16H32N2. The van der Waals surface area contributed by atoms with Crippen LogP contribution in [0.1, 0.15) is 66.2 Å². The van der Waals surface area contributed by atoms with Gasteiger partial charge >= 0.3 is 0 Å². The van der Waals surface area contributed by atoms with Crippen molar-refractivity contribution in [2.45, 2.75) is 84.3 Å². The first kappa shape index (κ1) is 14.3. The summed E-state index contributed by atoms with van der Waals surface area (Å²) in [7, 11) is 0. The minimum Gasteiger partial charge on any atom is -0.314 e. The molecule has 0 saturated carbocycles. The normalized spacial score (nSPS) is 33.0. The van der Waals surface area contributed by atoms with Crippen molar-refractivity contribution in [3.8, 4) is 0 Å². The Labute approximate surface area is 114 Å². The summed E-state index contributed by atoms with van der Waals surface area (Å²) in [6.07, 6.45) is 8.20. The minimum atomic E-state index is 0.491. The van der Waals surface area contributed by atoms with Crippen LogP contribution in [0.2, 0.25) is 0 Å². The van der Waals surface area contributed by atoms with Gasteiger partial charge in [0.2, 0.25) is 0 Å². The van der Waals surface area contributed by atoms with E-state index in [9.17, 15) is 0 Å². The van der Waals surface area contributed by atoms with Crippen LogP contribution in [-0.4, -0.2) is 36.1 Å². The molecule has 0 radical (unpaired) electrons. The second kappa shape index (κ2) is 5.92. The first-order chi connectivity index (χ1) is 8.55. The molecule has 0 spiro atoms. The molecule has 2 unspecified atom stereocenters. The molecule has 2 bridgehead atoms. The Morgan fingerprint density at radius 2 is 1.72 bits per heavy atom. The van der Waals surface area contributed by atoms with E-state index in [1.54, 1.807) is 0 Å². The summed E-state index contributed by atoms with van der Waals surface area (Å²) in [5.74, 6) is 0. The van der Waals surface area contributed by atoms with Crippen molar-refractivity contribution >= 4 is 0 Å². The number of nitrogens with one attached hydrogen (secondary N) is 1. The maximum Gasteiger partial charge on any atom is 0.0114 e. The third-order valence-corrected chi connectivity index (χ3v) is 5.14. The second-order valence-corrected chi connectivity index (χ2v) is 7.20. The zero-order chi connectivity index (χ0) is 13.2. The van der Waals surface area contributed by atoms with Crippen LogP contribution in [-0.2, 0) is 0 Å². The SMILES string of the molecule is CCCNC1CC2CCC(C1)N2CC(C)(C)CC. The van der Waals surface area contributed by atoms with E-state index in [4.69, 9.17) is 0 Å². The van der Waals surface area contributed by atoms with Gasteiger partial charge in [-0.1, -0.05) is 27.7 Å². The number of rotatable bonds is 6. The molecule has 0 aromatic rings. The number of piperidine rings is 1. The fraction of sp³-hybridized carbons (Fsp3) is 1.00. The summed E-state index contributed by atoms with van der Waals surface area (Å²) in [5, 5.41) is 3.74. The summed E-state index contributed by atoms with van der Waals surface area (Å²) in [5.41, 5.74) is 0.491. The lowest BCUT2D eigenvalue weighted by Crippen LogP contribution is -2.51. The lowest BCUT2D eigenvalue weighted by molar-refractivity contribution is 0.0721. The molecular weight excluding hydrogens is 220 g/mol. The molecule has 2 aliphatic heterocycles. The van der Waals surface area contributed by atoms with E-state index in [1.807, 2.05) is 0 Å². The third kappa shape index (κ3) is 3.27. The summed E-state index contributed by atoms with van der Waals surface area (Å²) in [6, 6.07) is 2.52. The maximum absolute atomic E-state index is 3.74. The molecule has 106 valence electrons. The Morgan fingerprint density at radius 3 is 2.22 bits per heavy atom. The van der Waals surface area contributed by atoms with Crippen molar-refractivity contribution in [2.24, 2.45) is 5.41 Å². The lowest BCUT2D eigenvalue weighted by atomic mass is 9.87. The van der Waals surface area contributed by atoms with E-state index in [0.717, 1.165) is 18.1 Å². The highest BCUT2D eigenvalue weighted by Gasteiger charge is 2.41. The van der Waals surface area contributed by atoms with Crippen LogP contribution in [0.3, 0.4) is 0 Å². The minimum absolute atomic E-state index is 0.491.